The van der Waals surface area contributed by atoms with E-state index in [1.54, 1.807) is 12.1 Å². The monoisotopic (exact) mass is 245 g/mol. The summed E-state index contributed by atoms with van der Waals surface area (Å²) in [4.78, 5) is 0. The Balaban J connectivity index is 2.25. The number of hydrogen-bond acceptors (Lipinski definition) is 2. The van der Waals surface area contributed by atoms with Crippen LogP contribution in [0.5, 0.6) is 5.75 Å². The van der Waals surface area contributed by atoms with Crippen LogP contribution in [0.15, 0.2) is 42.5 Å². The first-order valence-corrected chi connectivity index (χ1v) is 5.88. The van der Waals surface area contributed by atoms with E-state index in [4.69, 9.17) is 10.5 Å². The first-order valence-electron chi connectivity index (χ1n) is 5.88. The van der Waals surface area contributed by atoms with Crippen LogP contribution in [0.25, 0.3) is 11.1 Å². The SMILES string of the molecule is CC(C)Oc1ccc(-c2ccc(F)c(N)c2)cc1. The maximum absolute atomic E-state index is 13.1. The molecular weight excluding hydrogens is 229 g/mol. The fraction of sp³-hybridized carbons (Fsp3) is 0.200. The van der Waals surface area contributed by atoms with Gasteiger partial charge in [-0.1, -0.05) is 18.2 Å². The topological polar surface area (TPSA) is 35.2 Å². The highest BCUT2D eigenvalue weighted by Crippen LogP contribution is 2.25. The van der Waals surface area contributed by atoms with E-state index < -0.39 is 5.82 Å². The fourth-order valence-corrected chi connectivity index (χ4v) is 1.72. The number of anilines is 1. The third-order valence-corrected chi connectivity index (χ3v) is 2.56. The molecule has 18 heavy (non-hydrogen) atoms. The van der Waals surface area contributed by atoms with Crippen LogP contribution in [0.4, 0.5) is 10.1 Å². The molecule has 2 rings (SSSR count). The second-order valence-corrected chi connectivity index (χ2v) is 4.43. The van der Waals surface area contributed by atoms with E-state index in [-0.39, 0.29) is 11.8 Å². The van der Waals surface area contributed by atoms with Crippen molar-refractivity contribution in [1.82, 2.24) is 0 Å². The maximum Gasteiger partial charge on any atom is 0.146 e. The smallest absolute Gasteiger partial charge is 0.146 e. The van der Waals surface area contributed by atoms with Gasteiger partial charge < -0.3 is 10.5 Å². The van der Waals surface area contributed by atoms with Crippen LogP contribution in [0.1, 0.15) is 13.8 Å². The summed E-state index contributed by atoms with van der Waals surface area (Å²) < 4.78 is 18.6. The molecule has 2 N–H and O–H groups in total. The van der Waals surface area contributed by atoms with Gasteiger partial charge in [-0.15, -0.1) is 0 Å². The van der Waals surface area contributed by atoms with Gasteiger partial charge in [0.1, 0.15) is 11.6 Å². The van der Waals surface area contributed by atoms with Gasteiger partial charge in [0, 0.05) is 0 Å². The molecule has 0 aliphatic rings. The van der Waals surface area contributed by atoms with Crippen LogP contribution in [0.3, 0.4) is 0 Å². The normalized spacial score (nSPS) is 10.7. The molecule has 0 radical (unpaired) electrons. The van der Waals surface area contributed by atoms with Gasteiger partial charge in [0.2, 0.25) is 0 Å². The van der Waals surface area contributed by atoms with Crippen LogP contribution in [-0.2, 0) is 0 Å². The first-order chi connectivity index (χ1) is 8.56. The van der Waals surface area contributed by atoms with Crippen molar-refractivity contribution >= 4 is 5.69 Å². The Morgan fingerprint density at radius 3 is 2.17 bits per heavy atom. The average Bonchev–Trinajstić information content (AvgIpc) is 2.33. The summed E-state index contributed by atoms with van der Waals surface area (Å²) in [6.45, 7) is 3.96. The number of rotatable bonds is 3. The van der Waals surface area contributed by atoms with Crippen molar-refractivity contribution in [1.29, 1.82) is 0 Å². The van der Waals surface area contributed by atoms with Crippen molar-refractivity contribution in [2.45, 2.75) is 20.0 Å². The zero-order valence-electron chi connectivity index (χ0n) is 10.5. The summed E-state index contributed by atoms with van der Waals surface area (Å²) in [6, 6.07) is 12.4. The third-order valence-electron chi connectivity index (χ3n) is 2.56. The van der Waals surface area contributed by atoms with Crippen molar-refractivity contribution in [3.63, 3.8) is 0 Å². The van der Waals surface area contributed by atoms with Crippen molar-refractivity contribution in [2.75, 3.05) is 5.73 Å². The summed E-state index contributed by atoms with van der Waals surface area (Å²) in [7, 11) is 0. The van der Waals surface area contributed by atoms with E-state index in [9.17, 15) is 4.39 Å². The van der Waals surface area contributed by atoms with Gasteiger partial charge in [-0.25, -0.2) is 4.39 Å². The molecule has 0 unspecified atom stereocenters. The Hall–Kier alpha value is -2.03. The molecule has 0 saturated carbocycles. The standard InChI is InChI=1S/C15H16FNO/c1-10(2)18-13-6-3-11(4-7-13)12-5-8-14(16)15(17)9-12/h3-10H,17H2,1-2H3. The molecular formula is C15H16FNO. The summed E-state index contributed by atoms with van der Waals surface area (Å²) in [6.07, 6.45) is 0.150. The van der Waals surface area contributed by atoms with Crippen molar-refractivity contribution in [2.24, 2.45) is 0 Å². The summed E-state index contributed by atoms with van der Waals surface area (Å²) in [5.74, 6) is 0.433. The minimum atomic E-state index is -0.390. The minimum Gasteiger partial charge on any atom is -0.491 e. The number of benzene rings is 2. The van der Waals surface area contributed by atoms with Crippen molar-refractivity contribution in [3.05, 3.63) is 48.3 Å². The predicted octanol–water partition coefficient (Wildman–Crippen LogP) is 3.86. The van der Waals surface area contributed by atoms with Crippen LogP contribution >= 0.6 is 0 Å². The van der Waals surface area contributed by atoms with E-state index in [0.29, 0.717) is 0 Å². The molecule has 0 amide bonds. The van der Waals surface area contributed by atoms with Gasteiger partial charge in [0.15, 0.2) is 0 Å². The van der Waals surface area contributed by atoms with E-state index in [1.807, 2.05) is 38.1 Å². The molecule has 0 aliphatic heterocycles. The molecule has 2 nitrogen and oxygen atoms in total. The molecule has 2 aromatic carbocycles. The van der Waals surface area contributed by atoms with Crippen LogP contribution in [0.2, 0.25) is 0 Å². The lowest BCUT2D eigenvalue weighted by Gasteiger charge is -2.10. The lowest BCUT2D eigenvalue weighted by atomic mass is 10.0. The van der Waals surface area contributed by atoms with Crippen LogP contribution in [-0.4, -0.2) is 6.10 Å². The number of hydrogen-bond donors (Lipinski definition) is 1. The van der Waals surface area contributed by atoms with Crippen molar-refractivity contribution < 1.29 is 9.13 Å². The second kappa shape index (κ2) is 5.08. The third kappa shape index (κ3) is 2.80. The fourth-order valence-electron chi connectivity index (χ4n) is 1.72. The molecule has 0 aliphatic carbocycles. The number of ether oxygens (including phenoxy) is 1. The quantitative estimate of drug-likeness (QED) is 0.833. The van der Waals surface area contributed by atoms with E-state index in [1.165, 1.54) is 6.07 Å². The zero-order chi connectivity index (χ0) is 13.1. The Bertz CT molecular complexity index is 535. The first kappa shape index (κ1) is 12.4. The molecule has 3 heteroatoms. The second-order valence-electron chi connectivity index (χ2n) is 4.43. The van der Waals surface area contributed by atoms with Gasteiger partial charge in [0.25, 0.3) is 0 Å². The Morgan fingerprint density at radius 1 is 1.00 bits per heavy atom. The lowest BCUT2D eigenvalue weighted by molar-refractivity contribution is 0.242. The molecule has 0 heterocycles. The minimum absolute atomic E-state index is 0.150. The summed E-state index contributed by atoms with van der Waals surface area (Å²) in [5, 5.41) is 0. The Morgan fingerprint density at radius 2 is 1.61 bits per heavy atom. The predicted molar refractivity (Wildman–Crippen MR) is 72.0 cm³/mol. The van der Waals surface area contributed by atoms with Gasteiger partial charge in [-0.2, -0.15) is 0 Å². The van der Waals surface area contributed by atoms with Crippen LogP contribution in [0, 0.1) is 5.82 Å². The van der Waals surface area contributed by atoms with Crippen molar-refractivity contribution in [3.8, 4) is 16.9 Å². The largest absolute Gasteiger partial charge is 0.491 e. The summed E-state index contributed by atoms with van der Waals surface area (Å²) in [5.41, 5.74) is 7.59. The molecule has 94 valence electrons. The number of nitrogen functional groups attached to an aromatic ring is 1. The molecule has 0 spiro atoms. The maximum atomic E-state index is 13.1. The molecule has 0 atom stereocenters. The Kier molecular flexibility index (Phi) is 3.51. The highest BCUT2D eigenvalue weighted by molar-refractivity contribution is 5.68. The van der Waals surface area contributed by atoms with Gasteiger partial charge >= 0.3 is 0 Å². The van der Waals surface area contributed by atoms with E-state index in [0.717, 1.165) is 16.9 Å². The Labute approximate surface area is 106 Å². The van der Waals surface area contributed by atoms with Gasteiger partial charge in [-0.05, 0) is 49.2 Å². The molecule has 0 saturated heterocycles. The molecule has 0 bridgehead atoms. The lowest BCUT2D eigenvalue weighted by Crippen LogP contribution is -2.05. The number of halogens is 1. The highest BCUT2D eigenvalue weighted by Gasteiger charge is 2.03. The van der Waals surface area contributed by atoms with Gasteiger partial charge in [0.05, 0.1) is 11.8 Å². The van der Waals surface area contributed by atoms with E-state index >= 15 is 0 Å². The molecule has 0 aromatic heterocycles. The zero-order valence-corrected chi connectivity index (χ0v) is 10.5. The van der Waals surface area contributed by atoms with Gasteiger partial charge in [-0.3, -0.25) is 0 Å². The number of nitrogens with two attached hydrogens (primary N) is 1. The summed E-state index contributed by atoms with van der Waals surface area (Å²) >= 11 is 0. The molecule has 2 aromatic rings. The highest BCUT2D eigenvalue weighted by atomic mass is 19.1. The van der Waals surface area contributed by atoms with Crippen LogP contribution < -0.4 is 10.5 Å². The average molecular weight is 245 g/mol. The van der Waals surface area contributed by atoms with E-state index in [2.05, 4.69) is 0 Å². The molecule has 0 fully saturated rings.